The molecule has 3 heterocycles. The number of fused-ring (bicyclic) bond motifs is 1. The molecule has 7 nitrogen and oxygen atoms in total. The van der Waals surface area contributed by atoms with Crippen LogP contribution in [-0.2, 0) is 11.3 Å². The van der Waals surface area contributed by atoms with Gasteiger partial charge in [0.05, 0.1) is 18.3 Å². The number of urea groups is 1. The van der Waals surface area contributed by atoms with E-state index in [1.807, 2.05) is 42.6 Å². The molecule has 0 saturated carbocycles. The summed E-state index contributed by atoms with van der Waals surface area (Å²) in [4.78, 5) is 32.8. The number of imidazole rings is 1. The zero-order valence-corrected chi connectivity index (χ0v) is 17.3. The maximum absolute atomic E-state index is 13.1. The van der Waals surface area contributed by atoms with Gasteiger partial charge in [0.2, 0.25) is 0 Å². The van der Waals surface area contributed by atoms with Crippen molar-refractivity contribution in [2.24, 2.45) is 10.8 Å². The van der Waals surface area contributed by atoms with Gasteiger partial charge in [-0.25, -0.2) is 14.6 Å². The van der Waals surface area contributed by atoms with Gasteiger partial charge in [-0.15, -0.1) is 0 Å². The maximum Gasteiger partial charge on any atom is 0.327 e. The Morgan fingerprint density at radius 2 is 1.93 bits per heavy atom. The summed E-state index contributed by atoms with van der Waals surface area (Å²) in [7, 11) is 0. The third-order valence-electron chi connectivity index (χ3n) is 5.25. The lowest BCUT2D eigenvalue weighted by molar-refractivity contribution is -0.147. The van der Waals surface area contributed by atoms with Crippen LogP contribution in [0.25, 0.3) is 5.52 Å². The number of amides is 2. The minimum atomic E-state index is -0.948. The molecular weight excluding hydrogens is 356 g/mol. The number of rotatable bonds is 6. The second-order valence-electron chi connectivity index (χ2n) is 9.53. The number of carboxylic acids is 1. The molecule has 2 aromatic rings. The normalized spacial score (nSPS) is 16.8. The first-order valence-electron chi connectivity index (χ1n) is 9.69. The van der Waals surface area contributed by atoms with Crippen molar-refractivity contribution in [3.63, 3.8) is 0 Å². The first kappa shape index (κ1) is 20.2. The molecule has 1 saturated heterocycles. The molecule has 1 fully saturated rings. The molecular formula is C21H30N4O3. The molecule has 0 radical (unpaired) electrons. The average Bonchev–Trinajstić information content (AvgIpc) is 3.11. The zero-order chi connectivity index (χ0) is 20.7. The molecule has 1 N–H and O–H groups in total. The number of hydrogen-bond donors (Lipinski definition) is 1. The van der Waals surface area contributed by atoms with Crippen molar-refractivity contribution in [1.29, 1.82) is 0 Å². The van der Waals surface area contributed by atoms with Crippen LogP contribution < -0.4 is 0 Å². The first-order valence-corrected chi connectivity index (χ1v) is 9.69. The number of carbonyl (C=O) groups excluding carboxylic acids is 1. The number of carboxylic acid groups (broad SMARTS) is 1. The van der Waals surface area contributed by atoms with Crippen LogP contribution in [0.5, 0.6) is 0 Å². The molecule has 1 aliphatic heterocycles. The van der Waals surface area contributed by atoms with E-state index in [1.54, 1.807) is 11.1 Å². The predicted molar refractivity (Wildman–Crippen MR) is 107 cm³/mol. The molecule has 1 aliphatic rings. The van der Waals surface area contributed by atoms with E-state index in [1.165, 1.54) is 4.90 Å². The molecule has 0 aliphatic carbocycles. The Hall–Kier alpha value is -2.57. The molecule has 0 spiro atoms. The van der Waals surface area contributed by atoms with Crippen molar-refractivity contribution < 1.29 is 14.7 Å². The van der Waals surface area contributed by atoms with Crippen molar-refractivity contribution in [3.05, 3.63) is 36.4 Å². The summed E-state index contributed by atoms with van der Waals surface area (Å²) in [6.07, 6.45) is 4.40. The Kier molecular flexibility index (Phi) is 5.12. The lowest BCUT2D eigenvalue weighted by atomic mass is 9.71. The predicted octanol–water partition coefficient (Wildman–Crippen LogP) is 3.49. The van der Waals surface area contributed by atoms with E-state index in [4.69, 9.17) is 0 Å². The third kappa shape index (κ3) is 3.98. The second-order valence-corrected chi connectivity index (χ2v) is 9.53. The number of aromatic nitrogens is 2. The molecule has 152 valence electrons. The van der Waals surface area contributed by atoms with E-state index in [-0.39, 0.29) is 11.4 Å². The van der Waals surface area contributed by atoms with Crippen LogP contribution >= 0.6 is 0 Å². The summed E-state index contributed by atoms with van der Waals surface area (Å²) >= 11 is 0. The van der Waals surface area contributed by atoms with Gasteiger partial charge in [-0.05, 0) is 29.4 Å². The standard InChI is InChI=1S/C21H30N4O3/c1-20(2,3)14-21(4,5)17(18(26)27)25-11-10-23(19(25)28)13-16-22-12-15-8-6-7-9-24(15)16/h6-9,12,17H,10-11,13-14H2,1-5H3,(H,26,27)/t17-/m1/s1. The smallest absolute Gasteiger partial charge is 0.327 e. The number of hydrogen-bond acceptors (Lipinski definition) is 3. The molecule has 0 unspecified atom stereocenters. The SMILES string of the molecule is CC(C)(C)CC(C)(C)[C@@H](C(=O)O)N1CCN(Cc2ncc3ccccn23)C1=O. The molecule has 7 heteroatoms. The van der Waals surface area contributed by atoms with Crippen LogP contribution in [0.3, 0.4) is 0 Å². The molecule has 2 amide bonds. The highest BCUT2D eigenvalue weighted by atomic mass is 16.4. The fourth-order valence-electron chi connectivity index (χ4n) is 4.63. The quantitative estimate of drug-likeness (QED) is 0.824. The van der Waals surface area contributed by atoms with Gasteiger partial charge < -0.3 is 19.3 Å². The Bertz CT molecular complexity index is 881. The number of pyridine rings is 1. The molecule has 2 aromatic heterocycles. The van der Waals surface area contributed by atoms with Crippen LogP contribution in [0.1, 0.15) is 46.9 Å². The molecule has 0 bridgehead atoms. The minimum absolute atomic E-state index is 0.0333. The van der Waals surface area contributed by atoms with Gasteiger partial charge in [0.1, 0.15) is 11.9 Å². The fraction of sp³-hybridized carbons (Fsp3) is 0.571. The highest BCUT2D eigenvalue weighted by Gasteiger charge is 2.46. The number of aliphatic carboxylic acids is 1. The van der Waals surface area contributed by atoms with Crippen LogP contribution in [0.4, 0.5) is 4.79 Å². The van der Waals surface area contributed by atoms with Crippen LogP contribution in [0.2, 0.25) is 0 Å². The van der Waals surface area contributed by atoms with E-state index >= 15 is 0 Å². The van der Waals surface area contributed by atoms with Gasteiger partial charge in [-0.1, -0.05) is 40.7 Å². The highest BCUT2D eigenvalue weighted by Crippen LogP contribution is 2.39. The molecule has 28 heavy (non-hydrogen) atoms. The van der Waals surface area contributed by atoms with Crippen molar-refractivity contribution in [1.82, 2.24) is 19.2 Å². The Balaban J connectivity index is 1.80. The van der Waals surface area contributed by atoms with E-state index in [0.29, 0.717) is 26.1 Å². The molecule has 0 aromatic carbocycles. The van der Waals surface area contributed by atoms with E-state index < -0.39 is 17.4 Å². The van der Waals surface area contributed by atoms with Crippen molar-refractivity contribution in [2.75, 3.05) is 13.1 Å². The maximum atomic E-state index is 13.1. The summed E-state index contributed by atoms with van der Waals surface area (Å²) in [6.45, 7) is 11.4. The lowest BCUT2D eigenvalue weighted by Gasteiger charge is -2.40. The van der Waals surface area contributed by atoms with Crippen molar-refractivity contribution in [2.45, 2.75) is 53.6 Å². The van der Waals surface area contributed by atoms with Gasteiger partial charge in [0, 0.05) is 19.3 Å². The van der Waals surface area contributed by atoms with E-state index in [2.05, 4.69) is 25.8 Å². The van der Waals surface area contributed by atoms with E-state index in [0.717, 1.165) is 11.3 Å². The molecule has 3 rings (SSSR count). The minimum Gasteiger partial charge on any atom is -0.480 e. The lowest BCUT2D eigenvalue weighted by Crippen LogP contribution is -2.53. The van der Waals surface area contributed by atoms with Crippen LogP contribution in [0, 0.1) is 10.8 Å². The summed E-state index contributed by atoms with van der Waals surface area (Å²) < 4.78 is 1.95. The first-order chi connectivity index (χ1) is 13.0. The van der Waals surface area contributed by atoms with Gasteiger partial charge in [-0.2, -0.15) is 0 Å². The van der Waals surface area contributed by atoms with E-state index in [9.17, 15) is 14.7 Å². The van der Waals surface area contributed by atoms with Crippen molar-refractivity contribution >= 4 is 17.5 Å². The topological polar surface area (TPSA) is 78.2 Å². The fourth-order valence-corrected chi connectivity index (χ4v) is 4.63. The zero-order valence-electron chi connectivity index (χ0n) is 17.3. The van der Waals surface area contributed by atoms with Crippen LogP contribution in [-0.4, -0.2) is 55.4 Å². The second kappa shape index (κ2) is 7.11. The largest absolute Gasteiger partial charge is 0.480 e. The third-order valence-corrected chi connectivity index (χ3v) is 5.25. The van der Waals surface area contributed by atoms with Gasteiger partial charge in [0.15, 0.2) is 0 Å². The summed E-state index contributed by atoms with van der Waals surface area (Å²) in [5.41, 5.74) is 0.389. The monoisotopic (exact) mass is 386 g/mol. The Morgan fingerprint density at radius 1 is 1.21 bits per heavy atom. The van der Waals surface area contributed by atoms with Crippen LogP contribution in [0.15, 0.2) is 30.6 Å². The van der Waals surface area contributed by atoms with Gasteiger partial charge in [0.25, 0.3) is 0 Å². The highest BCUT2D eigenvalue weighted by molar-refractivity contribution is 5.84. The van der Waals surface area contributed by atoms with Gasteiger partial charge >= 0.3 is 12.0 Å². The average molecular weight is 386 g/mol. The Morgan fingerprint density at radius 3 is 2.57 bits per heavy atom. The summed E-state index contributed by atoms with van der Waals surface area (Å²) in [6, 6.07) is 4.73. The van der Waals surface area contributed by atoms with Gasteiger partial charge in [-0.3, -0.25) is 0 Å². The summed E-state index contributed by atoms with van der Waals surface area (Å²) in [5.74, 6) is -0.178. The molecule has 1 atom stereocenters. The number of nitrogens with zero attached hydrogens (tertiary/aromatic N) is 4. The van der Waals surface area contributed by atoms with Crippen molar-refractivity contribution in [3.8, 4) is 0 Å². The summed E-state index contributed by atoms with van der Waals surface area (Å²) in [5, 5.41) is 9.94. The number of carbonyl (C=O) groups is 2. The Labute approximate surface area is 166 Å².